The number of halogens is 1. The molecule has 0 atom stereocenters. The minimum Gasteiger partial charge on any atom is -0.481 e. The summed E-state index contributed by atoms with van der Waals surface area (Å²) < 4.78 is 31.0. The highest BCUT2D eigenvalue weighted by Gasteiger charge is 2.28. The third-order valence-corrected chi connectivity index (χ3v) is 4.94. The van der Waals surface area contributed by atoms with E-state index in [2.05, 4.69) is 4.98 Å². The van der Waals surface area contributed by atoms with Crippen molar-refractivity contribution in [2.45, 2.75) is 23.8 Å². The van der Waals surface area contributed by atoms with Gasteiger partial charge in [0.05, 0.1) is 13.3 Å². The third kappa shape index (κ3) is 3.56. The highest BCUT2D eigenvalue weighted by atomic mass is 35.5. The summed E-state index contributed by atoms with van der Waals surface area (Å²) in [7, 11) is -1.96. The second-order valence-electron chi connectivity index (χ2n) is 4.28. The number of methoxy groups -OCH3 is 1. The molecule has 0 unspecified atom stereocenters. The van der Waals surface area contributed by atoms with Crippen LogP contribution in [0.15, 0.2) is 23.2 Å². The minimum absolute atomic E-state index is 0. The van der Waals surface area contributed by atoms with E-state index in [0.717, 1.165) is 0 Å². The molecule has 1 aromatic rings. The normalized spacial score (nSPS) is 17.8. The van der Waals surface area contributed by atoms with Crippen LogP contribution in [0.5, 0.6) is 5.88 Å². The predicted octanol–water partition coefficient (Wildman–Crippen LogP) is 0.624. The van der Waals surface area contributed by atoms with Crippen molar-refractivity contribution in [3.05, 3.63) is 18.3 Å². The first-order valence-corrected chi connectivity index (χ1v) is 7.24. The Morgan fingerprint density at radius 2 is 2.00 bits per heavy atom. The molecule has 1 aromatic heterocycles. The second kappa shape index (κ2) is 6.51. The molecule has 1 fully saturated rings. The summed E-state index contributed by atoms with van der Waals surface area (Å²) in [5.41, 5.74) is 5.77. The van der Waals surface area contributed by atoms with Crippen molar-refractivity contribution < 1.29 is 13.2 Å². The number of hydrogen-bond donors (Lipinski definition) is 1. The number of hydrogen-bond acceptors (Lipinski definition) is 5. The first-order chi connectivity index (χ1) is 8.54. The van der Waals surface area contributed by atoms with Crippen LogP contribution in [0.1, 0.15) is 12.8 Å². The number of rotatable bonds is 3. The van der Waals surface area contributed by atoms with Gasteiger partial charge in [-0.3, -0.25) is 0 Å². The lowest BCUT2D eigenvalue weighted by Gasteiger charge is -2.29. The second-order valence-corrected chi connectivity index (χ2v) is 6.22. The topological polar surface area (TPSA) is 85.5 Å². The summed E-state index contributed by atoms with van der Waals surface area (Å²) in [6.07, 6.45) is 2.72. The maximum Gasteiger partial charge on any atom is 0.244 e. The predicted molar refractivity (Wildman–Crippen MR) is 74.0 cm³/mol. The van der Waals surface area contributed by atoms with Gasteiger partial charge in [0.1, 0.15) is 4.90 Å². The van der Waals surface area contributed by atoms with E-state index in [-0.39, 0.29) is 23.3 Å². The van der Waals surface area contributed by atoms with Crippen molar-refractivity contribution in [1.82, 2.24) is 9.29 Å². The molecule has 2 heterocycles. The van der Waals surface area contributed by atoms with Crippen molar-refractivity contribution in [1.29, 1.82) is 0 Å². The van der Waals surface area contributed by atoms with Crippen molar-refractivity contribution in [2.24, 2.45) is 5.73 Å². The molecule has 2 rings (SSSR count). The summed E-state index contributed by atoms with van der Waals surface area (Å²) >= 11 is 0. The molecule has 0 radical (unpaired) electrons. The quantitative estimate of drug-likeness (QED) is 0.885. The van der Waals surface area contributed by atoms with Crippen LogP contribution in [0.4, 0.5) is 0 Å². The van der Waals surface area contributed by atoms with Crippen LogP contribution in [0.2, 0.25) is 0 Å². The van der Waals surface area contributed by atoms with Crippen LogP contribution in [0.25, 0.3) is 0 Å². The zero-order valence-corrected chi connectivity index (χ0v) is 12.3. The van der Waals surface area contributed by atoms with Crippen LogP contribution in [0.3, 0.4) is 0 Å². The highest BCUT2D eigenvalue weighted by molar-refractivity contribution is 7.89. The van der Waals surface area contributed by atoms with E-state index in [4.69, 9.17) is 10.5 Å². The van der Waals surface area contributed by atoms with Crippen LogP contribution in [-0.4, -0.2) is 43.9 Å². The molecule has 8 heteroatoms. The fraction of sp³-hybridized carbons (Fsp3) is 0.545. The Bertz CT molecular complexity index is 498. The summed E-state index contributed by atoms with van der Waals surface area (Å²) in [6, 6.07) is 3.16. The van der Waals surface area contributed by atoms with Crippen molar-refractivity contribution >= 4 is 22.4 Å². The molecule has 0 aromatic carbocycles. The average Bonchev–Trinajstić information content (AvgIpc) is 2.39. The molecular weight excluding hydrogens is 290 g/mol. The monoisotopic (exact) mass is 307 g/mol. The average molecular weight is 308 g/mol. The SMILES string of the molecule is COc1ccc(S(=O)(=O)N2CCC(N)CC2)cn1.Cl. The third-order valence-electron chi connectivity index (χ3n) is 3.05. The molecule has 19 heavy (non-hydrogen) atoms. The zero-order valence-electron chi connectivity index (χ0n) is 10.7. The Balaban J connectivity index is 0.00000180. The Labute approximate surface area is 119 Å². The number of piperidine rings is 1. The summed E-state index contributed by atoms with van der Waals surface area (Å²) in [5, 5.41) is 0. The summed E-state index contributed by atoms with van der Waals surface area (Å²) in [5.74, 6) is 0.398. The van der Waals surface area contributed by atoms with Gasteiger partial charge in [-0.15, -0.1) is 12.4 Å². The van der Waals surface area contributed by atoms with Gasteiger partial charge in [-0.1, -0.05) is 0 Å². The molecule has 0 amide bonds. The summed E-state index contributed by atoms with van der Waals surface area (Å²) in [4.78, 5) is 4.11. The van der Waals surface area contributed by atoms with Gasteiger partial charge < -0.3 is 10.5 Å². The number of nitrogens with two attached hydrogens (primary N) is 1. The maximum atomic E-state index is 12.3. The molecule has 1 aliphatic heterocycles. The first-order valence-electron chi connectivity index (χ1n) is 5.80. The molecule has 0 spiro atoms. The van der Waals surface area contributed by atoms with E-state index in [0.29, 0.717) is 31.8 Å². The van der Waals surface area contributed by atoms with Crippen LogP contribution < -0.4 is 10.5 Å². The van der Waals surface area contributed by atoms with Crippen LogP contribution in [-0.2, 0) is 10.0 Å². The standard InChI is InChI=1S/C11H17N3O3S.ClH/c1-17-11-3-2-10(8-13-11)18(15,16)14-6-4-9(12)5-7-14;/h2-3,8-9H,4-7,12H2,1H3;1H. The Morgan fingerprint density at radius 1 is 1.37 bits per heavy atom. The zero-order chi connectivity index (χ0) is 13.2. The van der Waals surface area contributed by atoms with Gasteiger partial charge in [0, 0.05) is 25.2 Å². The van der Waals surface area contributed by atoms with E-state index in [9.17, 15) is 8.42 Å². The number of aromatic nitrogens is 1. The highest BCUT2D eigenvalue weighted by Crippen LogP contribution is 2.20. The van der Waals surface area contributed by atoms with Gasteiger partial charge in [0.15, 0.2) is 0 Å². The van der Waals surface area contributed by atoms with Crippen LogP contribution >= 0.6 is 12.4 Å². The first kappa shape index (κ1) is 16.2. The molecule has 1 saturated heterocycles. The largest absolute Gasteiger partial charge is 0.481 e. The van der Waals surface area contributed by atoms with Gasteiger partial charge in [-0.25, -0.2) is 13.4 Å². The smallest absolute Gasteiger partial charge is 0.244 e. The molecular formula is C11H18ClN3O3S. The van der Waals surface area contributed by atoms with E-state index in [1.807, 2.05) is 0 Å². The molecule has 0 aliphatic carbocycles. The maximum absolute atomic E-state index is 12.3. The van der Waals surface area contributed by atoms with Gasteiger partial charge in [0.25, 0.3) is 0 Å². The van der Waals surface area contributed by atoms with Gasteiger partial charge in [-0.05, 0) is 18.9 Å². The number of ether oxygens (including phenoxy) is 1. The molecule has 0 saturated carbocycles. The number of nitrogens with zero attached hydrogens (tertiary/aromatic N) is 2. The van der Waals surface area contributed by atoms with Gasteiger partial charge in [0.2, 0.25) is 15.9 Å². The van der Waals surface area contributed by atoms with Crippen molar-refractivity contribution in [3.8, 4) is 5.88 Å². The van der Waals surface area contributed by atoms with E-state index in [1.54, 1.807) is 6.07 Å². The van der Waals surface area contributed by atoms with Crippen molar-refractivity contribution in [2.75, 3.05) is 20.2 Å². The fourth-order valence-corrected chi connectivity index (χ4v) is 3.32. The number of pyridine rings is 1. The van der Waals surface area contributed by atoms with E-state index >= 15 is 0 Å². The van der Waals surface area contributed by atoms with E-state index < -0.39 is 10.0 Å². The summed E-state index contributed by atoms with van der Waals surface area (Å²) in [6.45, 7) is 0.936. The van der Waals surface area contributed by atoms with Crippen molar-refractivity contribution in [3.63, 3.8) is 0 Å². The molecule has 2 N–H and O–H groups in total. The number of sulfonamides is 1. The minimum atomic E-state index is -3.45. The van der Waals surface area contributed by atoms with Gasteiger partial charge in [-0.2, -0.15) is 4.31 Å². The fourth-order valence-electron chi connectivity index (χ4n) is 1.91. The van der Waals surface area contributed by atoms with E-state index in [1.165, 1.54) is 23.7 Å². The van der Waals surface area contributed by atoms with Crippen LogP contribution in [0, 0.1) is 0 Å². The molecule has 1 aliphatic rings. The Morgan fingerprint density at radius 3 is 2.47 bits per heavy atom. The Kier molecular flexibility index (Phi) is 5.54. The van der Waals surface area contributed by atoms with Gasteiger partial charge >= 0.3 is 0 Å². The lowest BCUT2D eigenvalue weighted by atomic mass is 10.1. The molecule has 6 nitrogen and oxygen atoms in total. The molecule has 108 valence electrons. The lowest BCUT2D eigenvalue weighted by molar-refractivity contribution is 0.320. The lowest BCUT2D eigenvalue weighted by Crippen LogP contribution is -2.42. The molecule has 0 bridgehead atoms. The Hall–Kier alpha value is -0.890.